The third kappa shape index (κ3) is 3.64. The predicted octanol–water partition coefficient (Wildman–Crippen LogP) is -0.444. The van der Waals surface area contributed by atoms with Gasteiger partial charge in [-0.05, 0) is 12.8 Å². The summed E-state index contributed by atoms with van der Waals surface area (Å²) in [5, 5.41) is 9.12. The molecule has 1 saturated heterocycles. The summed E-state index contributed by atoms with van der Waals surface area (Å²) in [6.45, 7) is 5.58. The van der Waals surface area contributed by atoms with Crippen molar-refractivity contribution in [2.75, 3.05) is 19.8 Å². The zero-order valence-corrected chi connectivity index (χ0v) is 11.6. The first-order valence-corrected chi connectivity index (χ1v) is 7.24. The van der Waals surface area contributed by atoms with E-state index < -0.39 is 27.6 Å². The van der Waals surface area contributed by atoms with Gasteiger partial charge in [-0.3, -0.25) is 4.79 Å². The minimum atomic E-state index is -3.71. The van der Waals surface area contributed by atoms with Crippen LogP contribution in [0.4, 0.5) is 0 Å². The molecular formula is C10H20N2O5S. The smallest absolute Gasteiger partial charge is 0.313 e. The first-order chi connectivity index (χ1) is 8.17. The molecule has 0 aromatic heterocycles. The van der Waals surface area contributed by atoms with Crippen molar-refractivity contribution in [2.24, 2.45) is 11.3 Å². The molecule has 106 valence electrons. The number of hydrogen-bond acceptors (Lipinski definition) is 4. The molecule has 3 N–H and O–H groups in total. The SMILES string of the molecule is CC(C)CNS(=O)(=O)NC1COCC1(C)C(=O)O. The van der Waals surface area contributed by atoms with Gasteiger partial charge in [-0.25, -0.2) is 4.72 Å². The molecule has 0 aliphatic carbocycles. The van der Waals surface area contributed by atoms with E-state index >= 15 is 0 Å². The van der Waals surface area contributed by atoms with Crippen LogP contribution in [-0.4, -0.2) is 45.3 Å². The van der Waals surface area contributed by atoms with Crippen molar-refractivity contribution in [2.45, 2.75) is 26.8 Å². The molecule has 2 unspecified atom stereocenters. The number of hydrogen-bond donors (Lipinski definition) is 3. The van der Waals surface area contributed by atoms with Gasteiger partial charge < -0.3 is 9.84 Å². The first-order valence-electron chi connectivity index (χ1n) is 5.75. The van der Waals surface area contributed by atoms with Crippen LogP contribution < -0.4 is 9.44 Å². The molecule has 1 fully saturated rings. The summed E-state index contributed by atoms with van der Waals surface area (Å²) >= 11 is 0. The van der Waals surface area contributed by atoms with E-state index in [0.717, 1.165) is 0 Å². The lowest BCUT2D eigenvalue weighted by atomic mass is 9.86. The van der Waals surface area contributed by atoms with Crippen molar-refractivity contribution in [1.29, 1.82) is 0 Å². The lowest BCUT2D eigenvalue weighted by molar-refractivity contribution is -0.148. The molecule has 0 spiro atoms. The molecule has 8 heteroatoms. The minimum Gasteiger partial charge on any atom is -0.481 e. The normalized spacial score (nSPS) is 28.8. The Morgan fingerprint density at radius 2 is 2.17 bits per heavy atom. The summed E-state index contributed by atoms with van der Waals surface area (Å²) < 4.78 is 33.2. The highest BCUT2D eigenvalue weighted by atomic mass is 32.2. The van der Waals surface area contributed by atoms with E-state index in [4.69, 9.17) is 9.84 Å². The van der Waals surface area contributed by atoms with E-state index in [1.807, 2.05) is 13.8 Å². The van der Waals surface area contributed by atoms with Gasteiger partial charge in [0.1, 0.15) is 5.41 Å². The largest absolute Gasteiger partial charge is 0.481 e. The summed E-state index contributed by atoms with van der Waals surface area (Å²) in [7, 11) is -3.71. The van der Waals surface area contributed by atoms with E-state index in [2.05, 4.69) is 9.44 Å². The fourth-order valence-corrected chi connectivity index (χ4v) is 2.89. The highest BCUT2D eigenvalue weighted by Crippen LogP contribution is 2.28. The van der Waals surface area contributed by atoms with Crippen molar-refractivity contribution < 1.29 is 23.1 Å². The van der Waals surface area contributed by atoms with Crippen LogP contribution in [0.5, 0.6) is 0 Å². The van der Waals surface area contributed by atoms with Gasteiger partial charge in [0.2, 0.25) is 0 Å². The van der Waals surface area contributed by atoms with Crippen molar-refractivity contribution in [3.63, 3.8) is 0 Å². The molecule has 0 bridgehead atoms. The number of carboxylic acid groups (broad SMARTS) is 1. The van der Waals surface area contributed by atoms with Crippen molar-refractivity contribution in [3.8, 4) is 0 Å². The molecule has 2 atom stereocenters. The number of carbonyl (C=O) groups is 1. The number of ether oxygens (including phenoxy) is 1. The molecule has 0 amide bonds. The molecular weight excluding hydrogens is 260 g/mol. The van der Waals surface area contributed by atoms with Crippen LogP contribution >= 0.6 is 0 Å². The Kier molecular flexibility index (Phi) is 4.71. The Bertz CT molecular complexity index is 408. The zero-order chi connectivity index (χ0) is 14.0. The molecule has 1 heterocycles. The molecule has 7 nitrogen and oxygen atoms in total. The second-order valence-corrected chi connectivity index (χ2v) is 6.69. The van der Waals surface area contributed by atoms with Crippen LogP contribution in [0.15, 0.2) is 0 Å². The second-order valence-electron chi connectivity index (χ2n) is 5.15. The topological polar surface area (TPSA) is 105 Å². The fourth-order valence-electron chi connectivity index (χ4n) is 1.55. The van der Waals surface area contributed by atoms with Gasteiger partial charge in [0.05, 0.1) is 19.3 Å². The molecule has 0 saturated carbocycles. The standard InChI is InChI=1S/C10H20N2O5S/c1-7(2)4-11-18(15,16)12-8-5-17-6-10(8,3)9(13)14/h7-8,11-12H,4-6H2,1-3H3,(H,13,14). The van der Waals surface area contributed by atoms with Crippen LogP contribution in [0.25, 0.3) is 0 Å². The lowest BCUT2D eigenvalue weighted by Gasteiger charge is -2.25. The van der Waals surface area contributed by atoms with Gasteiger partial charge in [-0.15, -0.1) is 0 Å². The highest BCUT2D eigenvalue weighted by molar-refractivity contribution is 7.87. The summed E-state index contributed by atoms with van der Waals surface area (Å²) in [5.74, 6) is -0.899. The molecule has 1 aliphatic rings. The predicted molar refractivity (Wildman–Crippen MR) is 65.2 cm³/mol. The second kappa shape index (κ2) is 5.52. The summed E-state index contributed by atoms with van der Waals surface area (Å²) in [5.41, 5.74) is -1.23. The van der Waals surface area contributed by atoms with Gasteiger partial charge in [0, 0.05) is 6.54 Å². The Balaban J connectivity index is 2.69. The fraction of sp³-hybridized carbons (Fsp3) is 0.900. The average molecular weight is 280 g/mol. The molecule has 1 rings (SSSR count). The highest BCUT2D eigenvalue weighted by Gasteiger charge is 2.48. The van der Waals surface area contributed by atoms with Crippen LogP contribution in [-0.2, 0) is 19.7 Å². The van der Waals surface area contributed by atoms with E-state index in [-0.39, 0.29) is 19.1 Å². The van der Waals surface area contributed by atoms with E-state index in [1.165, 1.54) is 6.92 Å². The van der Waals surface area contributed by atoms with E-state index in [9.17, 15) is 13.2 Å². The monoisotopic (exact) mass is 280 g/mol. The van der Waals surface area contributed by atoms with Gasteiger partial charge >= 0.3 is 5.97 Å². The number of nitrogens with one attached hydrogen (secondary N) is 2. The number of carboxylic acids is 1. The van der Waals surface area contributed by atoms with Gasteiger partial charge in [-0.2, -0.15) is 13.1 Å². The van der Waals surface area contributed by atoms with Crippen molar-refractivity contribution >= 4 is 16.2 Å². The van der Waals surface area contributed by atoms with Crippen LogP contribution in [0.1, 0.15) is 20.8 Å². The maximum atomic E-state index is 11.7. The van der Waals surface area contributed by atoms with Gasteiger partial charge in [0.25, 0.3) is 10.2 Å². The minimum absolute atomic E-state index is 0.000297. The Labute approximate surface area is 107 Å². The molecule has 0 aromatic carbocycles. The van der Waals surface area contributed by atoms with Gasteiger partial charge in [0.15, 0.2) is 0 Å². The number of rotatable bonds is 6. The van der Waals surface area contributed by atoms with E-state index in [1.54, 1.807) is 0 Å². The summed E-state index contributed by atoms with van der Waals surface area (Å²) in [6, 6.07) is -0.764. The lowest BCUT2D eigenvalue weighted by Crippen LogP contribution is -2.52. The molecule has 18 heavy (non-hydrogen) atoms. The zero-order valence-electron chi connectivity index (χ0n) is 10.8. The maximum absolute atomic E-state index is 11.7. The van der Waals surface area contributed by atoms with Crippen LogP contribution in [0, 0.1) is 11.3 Å². The Hall–Kier alpha value is -0.700. The first kappa shape index (κ1) is 15.4. The van der Waals surface area contributed by atoms with Crippen molar-refractivity contribution in [3.05, 3.63) is 0 Å². The van der Waals surface area contributed by atoms with Crippen molar-refractivity contribution in [1.82, 2.24) is 9.44 Å². The summed E-state index contributed by atoms with van der Waals surface area (Å²) in [6.07, 6.45) is 0. The van der Waals surface area contributed by atoms with E-state index in [0.29, 0.717) is 6.54 Å². The third-order valence-electron chi connectivity index (χ3n) is 2.92. The third-order valence-corrected chi connectivity index (χ3v) is 4.06. The molecule has 0 radical (unpaired) electrons. The van der Waals surface area contributed by atoms with Crippen LogP contribution in [0.3, 0.4) is 0 Å². The maximum Gasteiger partial charge on any atom is 0.313 e. The van der Waals surface area contributed by atoms with Crippen LogP contribution in [0.2, 0.25) is 0 Å². The number of aliphatic carboxylic acids is 1. The molecule has 0 aromatic rings. The quantitative estimate of drug-likeness (QED) is 0.611. The average Bonchev–Trinajstić information content (AvgIpc) is 2.58. The Morgan fingerprint density at radius 3 is 2.67 bits per heavy atom. The Morgan fingerprint density at radius 1 is 1.56 bits per heavy atom. The molecule has 1 aliphatic heterocycles. The summed E-state index contributed by atoms with van der Waals surface area (Å²) in [4.78, 5) is 11.2. The van der Waals surface area contributed by atoms with Gasteiger partial charge in [-0.1, -0.05) is 13.8 Å².